The van der Waals surface area contributed by atoms with Gasteiger partial charge < -0.3 is 14.7 Å². The van der Waals surface area contributed by atoms with Crippen LogP contribution in [0, 0.1) is 0 Å². The second-order valence-corrected chi connectivity index (χ2v) is 17.6. The third-order valence-corrected chi connectivity index (χ3v) is 12.0. The first-order valence-corrected chi connectivity index (χ1v) is 25.9. The number of thiophene rings is 2. The summed E-state index contributed by atoms with van der Waals surface area (Å²) in [6, 6.07) is 45.1. The van der Waals surface area contributed by atoms with Gasteiger partial charge in [0, 0.05) is 0 Å². The molecular formula is C54H78N12O4S2+6. The van der Waals surface area contributed by atoms with Gasteiger partial charge >= 0.3 is 0 Å². The lowest BCUT2D eigenvalue weighted by atomic mass is 9.95. The Kier molecular flexibility index (Phi) is 32.8. The monoisotopic (exact) mass is 1020 g/mol. The highest BCUT2D eigenvalue weighted by Crippen LogP contribution is 2.18. The maximum Gasteiger partial charge on any atom is 0.298 e. The Bertz CT molecular complexity index is 2330. The van der Waals surface area contributed by atoms with Crippen LogP contribution in [-0.2, 0) is 0 Å². The van der Waals surface area contributed by atoms with Crippen molar-refractivity contribution in [2.24, 2.45) is 0 Å². The largest absolute Gasteiger partial charge is 0.497 e. The first kappa shape index (κ1) is 58.8. The second kappa shape index (κ2) is 40.2. The molecule has 16 nitrogen and oxygen atoms in total. The minimum absolute atomic E-state index is 0.745. The molecule has 0 unspecified atom stereocenters. The number of benzene rings is 4. The number of rotatable bonds is 16. The summed E-state index contributed by atoms with van der Waals surface area (Å²) in [6.45, 7) is 0. The summed E-state index contributed by atoms with van der Waals surface area (Å²) >= 11 is 3.36. The Labute approximate surface area is 433 Å². The normalized spacial score (nSPS) is 13.5. The molecule has 2 saturated carbocycles. The van der Waals surface area contributed by atoms with Crippen molar-refractivity contribution < 1.29 is 50.0 Å². The fourth-order valence-corrected chi connectivity index (χ4v) is 7.92. The number of methoxy groups -OCH3 is 2. The Hall–Kier alpha value is -7.54. The standard InChI is InChI=1S/C15H16N2O2.C13H24N2.C13H12N2.C9H8N2S2.C3H8N2.CH4N2O2/c1-18-14-7-3-12(4-8-14)16-11-17-13-5-9-15(19-2)10-6-13;2*1-3-7-12(8-4-1)14-11-15-13-9-5-2-6-10-13;1-3-8(12-5-1)10-7-11-9-4-2-6-13-9;1-4-3-5-2;4-2-1-3-5/h3-11H,1-2H3,(H,16,17);11-13H,1-10H2,(H,14,15);1-11H,(H,14,15);1-7H,(H,10,11);3H,1-2H3,(H,4,5);1,4-5H,(H,2,3)/p+6. The highest BCUT2D eigenvalue weighted by Gasteiger charge is 2.16. The van der Waals surface area contributed by atoms with Crippen LogP contribution < -0.4 is 71.7 Å². The molecular weight excluding hydrogens is 945 g/mol. The van der Waals surface area contributed by atoms with Gasteiger partial charge in [-0.05, 0) is 159 Å². The average Bonchev–Trinajstić information content (AvgIpc) is 4.18. The van der Waals surface area contributed by atoms with Gasteiger partial charge in [0.25, 0.3) is 6.34 Å². The summed E-state index contributed by atoms with van der Waals surface area (Å²) in [6.07, 6.45) is 24.2. The highest BCUT2D eigenvalue weighted by atomic mass is 32.1. The molecule has 0 bridgehead atoms. The topological polar surface area (TPSA) is 215 Å². The molecule has 0 aliphatic heterocycles. The van der Waals surface area contributed by atoms with Gasteiger partial charge in [-0.2, -0.15) is 0 Å². The van der Waals surface area contributed by atoms with Gasteiger partial charge in [-0.25, -0.2) is 36.1 Å². The van der Waals surface area contributed by atoms with Crippen LogP contribution in [0.3, 0.4) is 0 Å². The average molecular weight is 1020 g/mol. The van der Waals surface area contributed by atoms with Crippen LogP contribution in [0.4, 0.5) is 32.8 Å². The molecule has 2 fully saturated rings. The summed E-state index contributed by atoms with van der Waals surface area (Å²) < 4.78 is 10.2. The number of ether oxygens (including phenoxy) is 2. The lowest BCUT2D eigenvalue weighted by molar-refractivity contribution is -0.735. The summed E-state index contributed by atoms with van der Waals surface area (Å²) in [5, 5.41) is 38.8. The number of hydrogen-bond acceptors (Lipinski definition) is 6. The highest BCUT2D eigenvalue weighted by molar-refractivity contribution is 7.14. The van der Waals surface area contributed by atoms with Gasteiger partial charge in [-0.3, -0.25) is 20.6 Å². The summed E-state index contributed by atoms with van der Waals surface area (Å²) in [5.41, 5.74) is 5.65. The summed E-state index contributed by atoms with van der Waals surface area (Å²) in [5.74, 6) is 1.68. The van der Waals surface area contributed by atoms with Crippen molar-refractivity contribution in [3.05, 3.63) is 144 Å². The van der Waals surface area contributed by atoms with E-state index in [0.717, 1.165) is 62.7 Å². The van der Waals surface area contributed by atoms with Crippen LogP contribution in [0.25, 0.3) is 0 Å². The molecule has 2 aromatic heterocycles. The molecule has 0 spiro atoms. The van der Waals surface area contributed by atoms with Crippen molar-refractivity contribution in [3.8, 4) is 11.5 Å². The minimum Gasteiger partial charge on any atom is -0.497 e. The predicted octanol–water partition coefficient (Wildman–Crippen LogP) is 1.52. The van der Waals surface area contributed by atoms with E-state index in [2.05, 4.69) is 57.9 Å². The molecule has 6 aromatic rings. The predicted molar refractivity (Wildman–Crippen MR) is 298 cm³/mol. The molecule has 0 radical (unpaired) electrons. The van der Waals surface area contributed by atoms with Crippen LogP contribution >= 0.6 is 22.7 Å². The molecule has 18 heteroatoms. The van der Waals surface area contributed by atoms with Crippen molar-refractivity contribution in [1.82, 2.24) is 16.1 Å². The number of anilines is 3. The molecule has 2 heterocycles. The Morgan fingerprint density at radius 1 is 0.542 bits per heavy atom. The fourth-order valence-electron chi connectivity index (χ4n) is 6.74. The molecule has 0 saturated heterocycles. The lowest BCUT2D eigenvalue weighted by Gasteiger charge is -2.18. The van der Waals surface area contributed by atoms with E-state index in [1.165, 1.54) is 74.8 Å². The van der Waals surface area contributed by atoms with E-state index in [1.807, 2.05) is 171 Å². The number of para-hydroxylation sites is 2. The SMILES string of the molecule is C(NC1CCCCC1)=[NH+]C1CCCCC1.C(Nc1ccccc1)=[NH+]c1ccccc1.C(Nc1cccs1)=[NH+]c1cccs1.CNC=[NH+]C.COc1ccc(NC=[NH+]c2ccc(OC)cc2)cc1.ONC=[NH+]O. The fraction of sp³-hybridized carbons (Fsp3) is 0.296. The maximum atomic E-state index is 7.54. The van der Waals surface area contributed by atoms with Crippen LogP contribution in [-0.4, -0.2) is 88.8 Å². The van der Waals surface area contributed by atoms with Crippen molar-refractivity contribution >= 4 is 93.5 Å². The van der Waals surface area contributed by atoms with Gasteiger partial charge in [0.2, 0.25) is 31.7 Å². The molecule has 8 rings (SSSR count). The van der Waals surface area contributed by atoms with Crippen LogP contribution in [0.5, 0.6) is 11.5 Å². The molecule has 4 aromatic carbocycles. The van der Waals surface area contributed by atoms with Gasteiger partial charge in [0.15, 0.2) is 10.0 Å². The summed E-state index contributed by atoms with van der Waals surface area (Å²) in [7, 11) is 6.99. The van der Waals surface area contributed by atoms with Crippen molar-refractivity contribution in [1.29, 1.82) is 0 Å². The zero-order valence-electron chi connectivity index (χ0n) is 42.1. The molecule has 0 amide bonds. The molecule has 14 N–H and O–H groups in total. The zero-order valence-corrected chi connectivity index (χ0v) is 43.7. The van der Waals surface area contributed by atoms with E-state index in [9.17, 15) is 0 Å². The van der Waals surface area contributed by atoms with Crippen molar-refractivity contribution in [3.63, 3.8) is 0 Å². The van der Waals surface area contributed by atoms with Gasteiger partial charge in [-0.15, -0.1) is 28.2 Å². The third-order valence-electron chi connectivity index (χ3n) is 10.4. The van der Waals surface area contributed by atoms with Gasteiger partial charge in [0.1, 0.15) is 34.2 Å². The maximum absolute atomic E-state index is 7.54. The number of hydrogen-bond donors (Lipinski definition) is 14. The van der Waals surface area contributed by atoms with E-state index < -0.39 is 0 Å². The van der Waals surface area contributed by atoms with Gasteiger partial charge in [0.05, 0.1) is 40.4 Å². The molecule has 0 atom stereocenters. The second-order valence-electron chi connectivity index (χ2n) is 15.7. The minimum atomic E-state index is 0.745. The van der Waals surface area contributed by atoms with E-state index in [1.54, 1.807) is 49.6 Å². The van der Waals surface area contributed by atoms with Crippen LogP contribution in [0.2, 0.25) is 0 Å². The molecule has 72 heavy (non-hydrogen) atoms. The van der Waals surface area contributed by atoms with E-state index in [-0.39, 0.29) is 0 Å². The Balaban J connectivity index is 0.000000240. The molecule has 2 aliphatic carbocycles. The zero-order chi connectivity index (χ0) is 51.4. The van der Waals surface area contributed by atoms with Crippen molar-refractivity contribution in [2.75, 3.05) is 44.3 Å². The summed E-state index contributed by atoms with van der Waals surface area (Å²) in [4.78, 5) is 15.8. The van der Waals surface area contributed by atoms with E-state index >= 15 is 0 Å². The molecule has 384 valence electrons. The van der Waals surface area contributed by atoms with Gasteiger partial charge in [-0.1, -0.05) is 54.4 Å². The van der Waals surface area contributed by atoms with Crippen LogP contribution in [0.1, 0.15) is 64.2 Å². The van der Waals surface area contributed by atoms with Crippen molar-refractivity contribution in [2.45, 2.75) is 76.3 Å². The first-order valence-electron chi connectivity index (χ1n) is 24.1. The number of hydroxylamine groups is 1. The van der Waals surface area contributed by atoms with Crippen LogP contribution in [0.15, 0.2) is 144 Å². The number of nitrogens with one attached hydrogen (secondary N) is 12. The third kappa shape index (κ3) is 28.8. The Morgan fingerprint density at radius 3 is 1.58 bits per heavy atom. The Morgan fingerprint density at radius 2 is 1.08 bits per heavy atom. The quantitative estimate of drug-likeness (QED) is 0.0291. The smallest absolute Gasteiger partial charge is 0.298 e. The molecule has 2 aliphatic rings. The van der Waals surface area contributed by atoms with E-state index in [0.29, 0.717) is 0 Å². The first-order chi connectivity index (χ1) is 35.5. The van der Waals surface area contributed by atoms with E-state index in [4.69, 9.17) is 19.9 Å². The lowest BCUT2D eigenvalue weighted by Crippen LogP contribution is -2.78.